The van der Waals surface area contributed by atoms with E-state index in [-0.39, 0.29) is 5.11 Å². The van der Waals surface area contributed by atoms with Gasteiger partial charge in [-0.05, 0) is 77.3 Å². The molecule has 4 rings (SSSR count). The van der Waals surface area contributed by atoms with Crippen molar-refractivity contribution in [2.75, 3.05) is 5.32 Å². The first-order chi connectivity index (χ1) is 14.4. The van der Waals surface area contributed by atoms with Crippen LogP contribution in [0.3, 0.4) is 0 Å². The van der Waals surface area contributed by atoms with Crippen molar-refractivity contribution in [2.45, 2.75) is 0 Å². The molecule has 10 heteroatoms. The van der Waals surface area contributed by atoms with E-state index in [9.17, 15) is 4.79 Å². The highest BCUT2D eigenvalue weighted by Crippen LogP contribution is 2.27. The Morgan fingerprint density at radius 2 is 1.67 bits per heavy atom. The van der Waals surface area contributed by atoms with Gasteiger partial charge in [0.25, 0.3) is 5.91 Å². The van der Waals surface area contributed by atoms with Crippen LogP contribution in [0.2, 0.25) is 10.0 Å². The molecule has 0 spiro atoms. The summed E-state index contributed by atoms with van der Waals surface area (Å²) in [5.41, 5.74) is 2.93. The summed E-state index contributed by atoms with van der Waals surface area (Å²) in [6, 6.07) is 18.1. The molecule has 0 aliphatic carbocycles. The van der Waals surface area contributed by atoms with Crippen LogP contribution in [0.15, 0.2) is 60.7 Å². The minimum Gasteiger partial charge on any atom is -0.331 e. The largest absolute Gasteiger partial charge is 0.331 e. The molecule has 0 radical (unpaired) electrons. The Morgan fingerprint density at radius 3 is 2.40 bits per heavy atom. The van der Waals surface area contributed by atoms with E-state index in [2.05, 4.69) is 43.4 Å². The molecule has 150 valence electrons. The van der Waals surface area contributed by atoms with Gasteiger partial charge in [0.2, 0.25) is 0 Å². The fourth-order valence-corrected chi connectivity index (χ4v) is 3.81. The van der Waals surface area contributed by atoms with Gasteiger partial charge >= 0.3 is 0 Å². The van der Waals surface area contributed by atoms with Gasteiger partial charge < -0.3 is 5.32 Å². The van der Waals surface area contributed by atoms with E-state index < -0.39 is 5.91 Å². The Bertz CT molecular complexity index is 1280. The van der Waals surface area contributed by atoms with Gasteiger partial charge in [-0.15, -0.1) is 10.2 Å². The zero-order valence-corrected chi connectivity index (χ0v) is 19.6. The van der Waals surface area contributed by atoms with Crippen molar-refractivity contribution in [2.24, 2.45) is 0 Å². The summed E-state index contributed by atoms with van der Waals surface area (Å²) in [5, 5.41) is 15.3. The van der Waals surface area contributed by atoms with Gasteiger partial charge in [-0.2, -0.15) is 4.80 Å². The highest BCUT2D eigenvalue weighted by Gasteiger charge is 2.14. The topological polar surface area (TPSA) is 71.8 Å². The number of rotatable bonds is 3. The number of benzene rings is 3. The van der Waals surface area contributed by atoms with Crippen molar-refractivity contribution < 1.29 is 4.79 Å². The van der Waals surface area contributed by atoms with E-state index in [1.165, 1.54) is 4.80 Å². The Kier molecular flexibility index (Phi) is 6.19. The molecular formula is C20H12Cl2IN5OS. The van der Waals surface area contributed by atoms with Crippen LogP contribution in [-0.4, -0.2) is 26.0 Å². The van der Waals surface area contributed by atoms with Crippen LogP contribution in [0, 0.1) is 3.57 Å². The lowest BCUT2D eigenvalue weighted by Gasteiger charge is -2.11. The summed E-state index contributed by atoms with van der Waals surface area (Å²) in [6.45, 7) is 0. The lowest BCUT2D eigenvalue weighted by Crippen LogP contribution is -2.34. The summed E-state index contributed by atoms with van der Waals surface area (Å²) in [4.78, 5) is 14.0. The second-order valence-corrected chi connectivity index (χ2v) is 8.65. The molecular weight excluding hydrogens is 556 g/mol. The molecule has 1 aromatic heterocycles. The van der Waals surface area contributed by atoms with Crippen LogP contribution in [0.1, 0.15) is 10.4 Å². The Labute approximate surface area is 200 Å². The summed E-state index contributed by atoms with van der Waals surface area (Å²) in [7, 11) is 0. The van der Waals surface area contributed by atoms with Gasteiger partial charge in [-0.3, -0.25) is 10.1 Å². The van der Waals surface area contributed by atoms with Crippen molar-refractivity contribution in [1.82, 2.24) is 20.3 Å². The minimum atomic E-state index is -0.414. The van der Waals surface area contributed by atoms with Crippen LogP contribution in [0.4, 0.5) is 5.69 Å². The third-order valence-corrected chi connectivity index (χ3v) is 5.62. The standard InChI is InChI=1S/C20H12Cl2IN5OS/c21-14-7-6-11(23)8-13(14)19(29)25-20(30)24-16-10-18-17(9-15(16)22)26-28(27-18)12-4-2-1-3-5-12/h1-10H,(H2,24,25,29,30). The second-order valence-electron chi connectivity index (χ2n) is 6.18. The quantitative estimate of drug-likeness (QED) is 0.254. The van der Waals surface area contributed by atoms with E-state index in [0.29, 0.717) is 32.3 Å². The van der Waals surface area contributed by atoms with E-state index in [1.807, 2.05) is 36.4 Å². The average molecular weight is 568 g/mol. The van der Waals surface area contributed by atoms with Gasteiger partial charge in [-0.25, -0.2) is 0 Å². The number of carbonyl (C=O) groups excluding carboxylic acids is 1. The third-order valence-electron chi connectivity index (χ3n) is 4.10. The number of nitrogens with one attached hydrogen (secondary N) is 2. The Morgan fingerprint density at radius 1 is 0.967 bits per heavy atom. The highest BCUT2D eigenvalue weighted by molar-refractivity contribution is 14.1. The van der Waals surface area contributed by atoms with Crippen molar-refractivity contribution in [3.63, 3.8) is 0 Å². The summed E-state index contributed by atoms with van der Waals surface area (Å²) >= 11 is 19.9. The number of para-hydroxylation sites is 1. The molecule has 1 amide bonds. The fourth-order valence-electron chi connectivity index (χ4n) is 2.71. The Hall–Kier alpha value is -2.27. The highest BCUT2D eigenvalue weighted by atomic mass is 127. The predicted octanol–water partition coefficient (Wildman–Crippen LogP) is 5.46. The SMILES string of the molecule is O=C(NC(=S)Nc1cc2nn(-c3ccccc3)nc2cc1Cl)c1cc(I)ccc1Cl. The maximum absolute atomic E-state index is 12.5. The maximum atomic E-state index is 12.5. The number of aromatic nitrogens is 3. The first-order valence-electron chi connectivity index (χ1n) is 8.60. The molecule has 0 saturated heterocycles. The summed E-state index contributed by atoms with van der Waals surface area (Å²) in [5.74, 6) is -0.414. The van der Waals surface area contributed by atoms with Crippen molar-refractivity contribution >= 4 is 85.8 Å². The first kappa shape index (κ1) is 21.0. The molecule has 30 heavy (non-hydrogen) atoms. The molecule has 1 heterocycles. The number of halogens is 3. The zero-order chi connectivity index (χ0) is 21.3. The lowest BCUT2D eigenvalue weighted by molar-refractivity contribution is 0.0978. The molecule has 3 aromatic carbocycles. The Balaban J connectivity index is 1.54. The summed E-state index contributed by atoms with van der Waals surface area (Å²) < 4.78 is 0.885. The van der Waals surface area contributed by atoms with Crippen LogP contribution >= 0.6 is 58.0 Å². The number of nitrogens with zero attached hydrogens (tertiary/aromatic N) is 3. The number of hydrogen-bond donors (Lipinski definition) is 2. The number of anilines is 1. The molecule has 0 bridgehead atoms. The number of carbonyl (C=O) groups is 1. The van der Waals surface area contributed by atoms with Crippen molar-refractivity contribution in [1.29, 1.82) is 0 Å². The molecule has 2 N–H and O–H groups in total. The van der Waals surface area contributed by atoms with Gasteiger partial charge in [0.1, 0.15) is 11.0 Å². The van der Waals surface area contributed by atoms with Crippen molar-refractivity contribution in [3.8, 4) is 5.69 Å². The second kappa shape index (κ2) is 8.84. The van der Waals surface area contributed by atoms with Crippen LogP contribution in [0.25, 0.3) is 16.7 Å². The van der Waals surface area contributed by atoms with Crippen molar-refractivity contribution in [3.05, 3.63) is 79.8 Å². The average Bonchev–Trinajstić information content (AvgIpc) is 3.13. The summed E-state index contributed by atoms with van der Waals surface area (Å²) in [6.07, 6.45) is 0. The first-order valence-corrected chi connectivity index (χ1v) is 10.8. The van der Waals surface area contributed by atoms with E-state index in [4.69, 9.17) is 35.4 Å². The van der Waals surface area contributed by atoms with Gasteiger partial charge in [0.15, 0.2) is 5.11 Å². The van der Waals surface area contributed by atoms with Crippen LogP contribution in [0.5, 0.6) is 0 Å². The van der Waals surface area contributed by atoms with Gasteiger partial charge in [0, 0.05) is 3.57 Å². The molecule has 0 fully saturated rings. The van der Waals surface area contributed by atoms with Gasteiger partial charge in [0.05, 0.1) is 27.0 Å². The monoisotopic (exact) mass is 567 g/mol. The number of amides is 1. The van der Waals surface area contributed by atoms with E-state index >= 15 is 0 Å². The molecule has 0 saturated carbocycles. The molecule has 0 aliphatic rings. The number of fused-ring (bicyclic) bond motifs is 1. The molecule has 0 aliphatic heterocycles. The number of thiocarbonyl (C=S) groups is 1. The normalized spacial score (nSPS) is 10.8. The molecule has 0 atom stereocenters. The van der Waals surface area contributed by atoms with E-state index in [0.717, 1.165) is 9.26 Å². The third kappa shape index (κ3) is 4.56. The molecule has 4 aromatic rings. The van der Waals surface area contributed by atoms with Crippen LogP contribution < -0.4 is 10.6 Å². The predicted molar refractivity (Wildman–Crippen MR) is 132 cm³/mol. The number of hydrogen-bond acceptors (Lipinski definition) is 4. The lowest BCUT2D eigenvalue weighted by atomic mass is 10.2. The smallest absolute Gasteiger partial charge is 0.258 e. The van der Waals surface area contributed by atoms with Gasteiger partial charge in [-0.1, -0.05) is 41.4 Å². The van der Waals surface area contributed by atoms with E-state index in [1.54, 1.807) is 24.3 Å². The van der Waals surface area contributed by atoms with Crippen LogP contribution in [-0.2, 0) is 0 Å². The maximum Gasteiger partial charge on any atom is 0.258 e. The molecule has 6 nitrogen and oxygen atoms in total. The molecule has 0 unspecified atom stereocenters. The fraction of sp³-hybridized carbons (Fsp3) is 0. The zero-order valence-electron chi connectivity index (χ0n) is 15.1. The minimum absolute atomic E-state index is 0.0895.